The summed E-state index contributed by atoms with van der Waals surface area (Å²) < 4.78 is 4.92. The van der Waals surface area contributed by atoms with Crippen LogP contribution in [0.5, 0.6) is 0 Å². The lowest BCUT2D eigenvalue weighted by molar-refractivity contribution is -0.142. The molecular formula is C13H13ClN2O2. The van der Waals surface area contributed by atoms with E-state index in [9.17, 15) is 4.79 Å². The average Bonchev–Trinajstić information content (AvgIpc) is 2.31. The molecule has 0 aliphatic rings. The van der Waals surface area contributed by atoms with Crippen LogP contribution in [0.15, 0.2) is 18.2 Å². The number of para-hydroxylation sites is 1. The first kappa shape index (κ1) is 12.8. The Morgan fingerprint density at radius 3 is 2.89 bits per heavy atom. The highest BCUT2D eigenvalue weighted by molar-refractivity contribution is 6.28. The van der Waals surface area contributed by atoms with E-state index in [-0.39, 0.29) is 17.7 Å². The maximum absolute atomic E-state index is 11.5. The Labute approximate surface area is 110 Å². The molecule has 5 heteroatoms. The van der Waals surface area contributed by atoms with E-state index in [2.05, 4.69) is 9.97 Å². The third-order valence-corrected chi connectivity index (χ3v) is 2.77. The van der Waals surface area contributed by atoms with E-state index in [4.69, 9.17) is 16.3 Å². The maximum Gasteiger partial charge on any atom is 0.311 e. The zero-order valence-corrected chi connectivity index (χ0v) is 11.0. The molecule has 0 aliphatic heterocycles. The Morgan fingerprint density at radius 1 is 1.39 bits per heavy atom. The summed E-state index contributed by atoms with van der Waals surface area (Å²) in [4.78, 5) is 19.8. The molecule has 1 aromatic carbocycles. The number of nitrogens with zero attached hydrogens (tertiary/aromatic N) is 2. The van der Waals surface area contributed by atoms with Gasteiger partial charge in [0.2, 0.25) is 5.28 Å². The van der Waals surface area contributed by atoms with Gasteiger partial charge in [-0.25, -0.2) is 9.97 Å². The smallest absolute Gasteiger partial charge is 0.311 e. The maximum atomic E-state index is 11.5. The molecule has 0 spiro atoms. The van der Waals surface area contributed by atoms with Crippen LogP contribution in [0, 0.1) is 6.92 Å². The number of hydrogen-bond donors (Lipinski definition) is 0. The Bertz CT molecular complexity index is 599. The van der Waals surface area contributed by atoms with Gasteiger partial charge in [-0.05, 0) is 31.0 Å². The summed E-state index contributed by atoms with van der Waals surface area (Å²) in [5.41, 5.74) is 2.38. The average molecular weight is 265 g/mol. The predicted molar refractivity (Wildman–Crippen MR) is 69.6 cm³/mol. The van der Waals surface area contributed by atoms with E-state index in [1.807, 2.05) is 25.1 Å². The molecule has 0 radical (unpaired) electrons. The number of carbonyl (C=O) groups excluding carboxylic acids is 1. The van der Waals surface area contributed by atoms with Crippen LogP contribution in [0.2, 0.25) is 5.28 Å². The molecule has 0 saturated carbocycles. The second-order valence-electron chi connectivity index (χ2n) is 3.89. The molecule has 2 aromatic rings. The summed E-state index contributed by atoms with van der Waals surface area (Å²) in [6.45, 7) is 4.07. The van der Waals surface area contributed by atoms with Gasteiger partial charge in [0.1, 0.15) is 0 Å². The summed E-state index contributed by atoms with van der Waals surface area (Å²) in [5.74, 6) is -0.310. The molecule has 18 heavy (non-hydrogen) atoms. The minimum Gasteiger partial charge on any atom is -0.466 e. The second kappa shape index (κ2) is 5.31. The summed E-state index contributed by atoms with van der Waals surface area (Å²) in [5, 5.41) is 0.989. The SMILES string of the molecule is CCOC(=O)Cc1nc(Cl)nc2c(C)cccc12. The molecule has 0 saturated heterocycles. The number of halogens is 1. The van der Waals surface area contributed by atoms with Gasteiger partial charge in [0.15, 0.2) is 0 Å². The topological polar surface area (TPSA) is 52.1 Å². The number of hydrogen-bond acceptors (Lipinski definition) is 4. The summed E-state index contributed by atoms with van der Waals surface area (Å²) in [7, 11) is 0. The van der Waals surface area contributed by atoms with Crippen molar-refractivity contribution < 1.29 is 9.53 Å². The molecule has 1 aromatic heterocycles. The Kier molecular flexibility index (Phi) is 3.77. The molecule has 0 aliphatic carbocycles. The van der Waals surface area contributed by atoms with Gasteiger partial charge in [-0.1, -0.05) is 18.2 Å². The van der Waals surface area contributed by atoms with Gasteiger partial charge >= 0.3 is 5.97 Å². The molecule has 1 heterocycles. The lowest BCUT2D eigenvalue weighted by Crippen LogP contribution is -2.10. The van der Waals surface area contributed by atoms with E-state index < -0.39 is 0 Å². The fraction of sp³-hybridized carbons (Fsp3) is 0.308. The van der Waals surface area contributed by atoms with E-state index in [0.29, 0.717) is 12.3 Å². The Balaban J connectivity index is 2.49. The summed E-state index contributed by atoms with van der Waals surface area (Å²) >= 11 is 5.88. The number of aryl methyl sites for hydroxylation is 1. The van der Waals surface area contributed by atoms with Crippen LogP contribution in [0.25, 0.3) is 10.9 Å². The minimum absolute atomic E-state index is 0.107. The zero-order chi connectivity index (χ0) is 13.1. The van der Waals surface area contributed by atoms with Crippen molar-refractivity contribution in [2.75, 3.05) is 6.61 Å². The number of ether oxygens (including phenoxy) is 1. The Morgan fingerprint density at radius 2 is 2.17 bits per heavy atom. The second-order valence-corrected chi connectivity index (χ2v) is 4.23. The minimum atomic E-state index is -0.310. The number of benzene rings is 1. The van der Waals surface area contributed by atoms with Crippen molar-refractivity contribution in [3.05, 3.63) is 34.7 Å². The number of aromatic nitrogens is 2. The van der Waals surface area contributed by atoms with Crippen molar-refractivity contribution in [2.45, 2.75) is 20.3 Å². The number of fused-ring (bicyclic) bond motifs is 1. The number of rotatable bonds is 3. The quantitative estimate of drug-likeness (QED) is 0.632. The van der Waals surface area contributed by atoms with Crippen molar-refractivity contribution in [3.63, 3.8) is 0 Å². The van der Waals surface area contributed by atoms with Gasteiger partial charge in [0, 0.05) is 5.39 Å². The highest BCUT2D eigenvalue weighted by atomic mass is 35.5. The third kappa shape index (κ3) is 2.59. The first-order chi connectivity index (χ1) is 8.61. The van der Waals surface area contributed by atoms with E-state index in [1.54, 1.807) is 6.92 Å². The molecule has 4 nitrogen and oxygen atoms in total. The summed E-state index contributed by atoms with van der Waals surface area (Å²) in [6, 6.07) is 5.73. The molecule has 94 valence electrons. The lowest BCUT2D eigenvalue weighted by atomic mass is 10.1. The van der Waals surface area contributed by atoms with Gasteiger partial charge in [0.05, 0.1) is 24.2 Å². The van der Waals surface area contributed by atoms with Gasteiger partial charge in [-0.15, -0.1) is 0 Å². The predicted octanol–water partition coefficient (Wildman–Crippen LogP) is 2.70. The normalized spacial score (nSPS) is 10.6. The monoisotopic (exact) mass is 264 g/mol. The highest BCUT2D eigenvalue weighted by Crippen LogP contribution is 2.21. The van der Waals surface area contributed by atoms with Crippen LogP contribution >= 0.6 is 11.6 Å². The molecule has 0 fully saturated rings. The number of esters is 1. The van der Waals surface area contributed by atoms with Gasteiger partial charge in [-0.3, -0.25) is 4.79 Å². The first-order valence-corrected chi connectivity index (χ1v) is 6.07. The summed E-state index contributed by atoms with van der Waals surface area (Å²) in [6.07, 6.45) is 0.107. The third-order valence-electron chi connectivity index (χ3n) is 2.60. The molecule has 0 N–H and O–H groups in total. The van der Waals surface area contributed by atoms with Gasteiger partial charge < -0.3 is 4.74 Å². The standard InChI is InChI=1S/C13H13ClN2O2/c1-3-18-11(17)7-10-9-6-4-5-8(2)12(9)16-13(14)15-10/h4-6H,3,7H2,1-2H3. The fourth-order valence-corrected chi connectivity index (χ4v) is 2.00. The molecule has 0 amide bonds. The van der Waals surface area contributed by atoms with Crippen molar-refractivity contribution in [3.8, 4) is 0 Å². The Hall–Kier alpha value is -1.68. The van der Waals surface area contributed by atoms with Crippen LogP contribution in [-0.4, -0.2) is 22.5 Å². The van der Waals surface area contributed by atoms with Crippen molar-refractivity contribution in [2.24, 2.45) is 0 Å². The van der Waals surface area contributed by atoms with Crippen LogP contribution in [0.4, 0.5) is 0 Å². The first-order valence-electron chi connectivity index (χ1n) is 5.69. The van der Waals surface area contributed by atoms with Crippen LogP contribution in [0.1, 0.15) is 18.2 Å². The molecular weight excluding hydrogens is 252 g/mol. The molecule has 2 rings (SSSR count). The number of carbonyl (C=O) groups is 1. The van der Waals surface area contributed by atoms with Crippen molar-refractivity contribution in [1.29, 1.82) is 0 Å². The van der Waals surface area contributed by atoms with E-state index >= 15 is 0 Å². The van der Waals surface area contributed by atoms with Gasteiger partial charge in [-0.2, -0.15) is 0 Å². The van der Waals surface area contributed by atoms with Crippen LogP contribution in [0.3, 0.4) is 0 Å². The van der Waals surface area contributed by atoms with Crippen molar-refractivity contribution >= 4 is 28.5 Å². The van der Waals surface area contributed by atoms with E-state index in [0.717, 1.165) is 16.5 Å². The zero-order valence-electron chi connectivity index (χ0n) is 10.2. The largest absolute Gasteiger partial charge is 0.466 e. The molecule has 0 bridgehead atoms. The lowest BCUT2D eigenvalue weighted by Gasteiger charge is -2.07. The highest BCUT2D eigenvalue weighted by Gasteiger charge is 2.12. The molecule has 0 unspecified atom stereocenters. The van der Waals surface area contributed by atoms with E-state index in [1.165, 1.54) is 0 Å². The van der Waals surface area contributed by atoms with Crippen LogP contribution in [-0.2, 0) is 16.0 Å². The van der Waals surface area contributed by atoms with Gasteiger partial charge in [0.25, 0.3) is 0 Å². The fourth-order valence-electron chi connectivity index (χ4n) is 1.81. The molecule has 0 atom stereocenters. The van der Waals surface area contributed by atoms with Crippen molar-refractivity contribution in [1.82, 2.24) is 9.97 Å². The van der Waals surface area contributed by atoms with Crippen LogP contribution < -0.4 is 0 Å².